The number of nitrogens with one attached hydrogen (secondary N) is 2. The van der Waals surface area contributed by atoms with Gasteiger partial charge in [-0.05, 0) is 12.8 Å². The van der Waals surface area contributed by atoms with Crippen LogP contribution in [0.15, 0.2) is 37.0 Å². The zero-order valence-corrected chi connectivity index (χ0v) is 36.4. The molecule has 0 bridgehead atoms. The summed E-state index contributed by atoms with van der Waals surface area (Å²) in [5, 5.41) is 26.4. The van der Waals surface area contributed by atoms with Crippen LogP contribution >= 0.6 is 35.2 Å². The van der Waals surface area contributed by atoms with E-state index in [1.54, 1.807) is 0 Å². The molecule has 28 heteroatoms. The van der Waals surface area contributed by atoms with Gasteiger partial charge >= 0.3 is 23.5 Å². The van der Waals surface area contributed by atoms with E-state index in [1.807, 2.05) is 18.2 Å². The molecule has 7 unspecified atom stereocenters. The first-order valence-corrected chi connectivity index (χ1v) is 23.9. The van der Waals surface area contributed by atoms with E-state index in [9.17, 15) is 57.9 Å². The number of imidazole rings is 1. The lowest BCUT2D eigenvalue weighted by molar-refractivity contribution is -0.137. The Morgan fingerprint density at radius 1 is 1.02 bits per heavy atom. The number of anilines is 1. The number of nitrogen functional groups attached to an aromatic ring is 1. The molecule has 0 saturated carbocycles. The number of fused-ring (bicyclic) bond motifs is 1. The standard InChI is InChI=1S/C32H52N7O17P3S/c1-4-5-6-7-8-9-10-11-12-23(41)60-16-15-34-22(40)13-14-35-30(44)27(43)32(2,3)18-53-59(50,51)56-58(48,49)52-17-21-26(55-57(45,46)47)25(42)31(54-21)39-20-38-24-28(33)36-19-37-29(24)39/h7-10,19-21,25-27,31,42-43H,4-6,11-18H2,1-3H3,(H,34,40)(H,35,44)(H,48,49)(H,50,51)(H2,33,36,37)(H2,45,46,47)/b8-7+,10-9+. The molecule has 24 nitrogen and oxygen atoms in total. The fourth-order valence-corrected chi connectivity index (χ4v) is 8.76. The summed E-state index contributed by atoms with van der Waals surface area (Å²) < 4.78 is 62.2. The highest BCUT2D eigenvalue weighted by molar-refractivity contribution is 8.13. The number of hydrogen-bond acceptors (Lipinski definition) is 18. The lowest BCUT2D eigenvalue weighted by atomic mass is 9.87. The number of hydrogen-bond donors (Lipinski definition) is 9. The predicted molar refractivity (Wildman–Crippen MR) is 214 cm³/mol. The molecule has 2 aromatic rings. The van der Waals surface area contributed by atoms with Crippen LogP contribution in [0.25, 0.3) is 11.2 Å². The number of thioether (sulfide) groups is 1. The Balaban J connectivity index is 1.42. The van der Waals surface area contributed by atoms with Gasteiger partial charge in [-0.2, -0.15) is 4.31 Å². The Morgan fingerprint density at radius 2 is 1.70 bits per heavy atom. The molecule has 0 aliphatic carbocycles. The number of unbranched alkanes of at least 4 members (excludes halogenated alkanes) is 2. The van der Waals surface area contributed by atoms with Crippen molar-refractivity contribution in [1.29, 1.82) is 0 Å². The quantitative estimate of drug-likeness (QED) is 0.0368. The molecule has 3 heterocycles. The number of amides is 2. The second-order valence-electron chi connectivity index (χ2n) is 13.8. The summed E-state index contributed by atoms with van der Waals surface area (Å²) in [4.78, 5) is 87.8. The van der Waals surface area contributed by atoms with Crippen molar-refractivity contribution in [1.82, 2.24) is 30.2 Å². The minimum atomic E-state index is -5.57. The third kappa shape index (κ3) is 17.1. The van der Waals surface area contributed by atoms with Gasteiger partial charge in [0.25, 0.3) is 0 Å². The van der Waals surface area contributed by atoms with Gasteiger partial charge in [-0.25, -0.2) is 28.6 Å². The molecule has 0 aromatic carbocycles. The van der Waals surface area contributed by atoms with Gasteiger partial charge in [0.05, 0.1) is 19.5 Å². The van der Waals surface area contributed by atoms with Gasteiger partial charge in [-0.1, -0.05) is 69.7 Å². The zero-order chi connectivity index (χ0) is 44.7. The third-order valence-corrected chi connectivity index (χ3v) is 12.4. The fraction of sp³-hybridized carbons (Fsp3) is 0.625. The molecule has 0 spiro atoms. The highest BCUT2D eigenvalue weighted by atomic mass is 32.2. The van der Waals surface area contributed by atoms with Crippen molar-refractivity contribution in [2.45, 2.75) is 89.9 Å². The van der Waals surface area contributed by atoms with Crippen LogP contribution in [0.2, 0.25) is 0 Å². The van der Waals surface area contributed by atoms with E-state index in [2.05, 4.69) is 47.4 Å². The van der Waals surface area contributed by atoms with Crippen LogP contribution in [0.5, 0.6) is 0 Å². The van der Waals surface area contributed by atoms with Crippen LogP contribution in [-0.2, 0) is 50.7 Å². The van der Waals surface area contributed by atoms with Gasteiger partial charge in [0.2, 0.25) is 11.8 Å². The Morgan fingerprint density at radius 3 is 2.38 bits per heavy atom. The molecule has 0 radical (unpaired) electrons. The van der Waals surface area contributed by atoms with E-state index in [4.69, 9.17) is 19.5 Å². The highest BCUT2D eigenvalue weighted by Gasteiger charge is 2.50. The summed E-state index contributed by atoms with van der Waals surface area (Å²) in [5.41, 5.74) is 4.27. The lowest BCUT2D eigenvalue weighted by Gasteiger charge is -2.30. The SMILES string of the molecule is CCCC/C=C/C=C/CCC(=O)SCCNC(=O)CCNC(=O)C(O)C(C)(C)COP(=O)(O)OP(=O)(O)OCC1OC(n2cnc3c(N)ncnc32)C(O)C1OP(=O)(O)O. The Kier molecular flexibility index (Phi) is 20.1. The number of rotatable bonds is 26. The molecule has 1 saturated heterocycles. The minimum Gasteiger partial charge on any atom is -0.386 e. The zero-order valence-electron chi connectivity index (χ0n) is 32.9. The van der Waals surface area contributed by atoms with E-state index >= 15 is 0 Å². The molecule has 60 heavy (non-hydrogen) atoms. The molecular weight excluding hydrogens is 879 g/mol. The molecule has 1 aliphatic heterocycles. The topological polar surface area (TPSA) is 364 Å². The minimum absolute atomic E-state index is 0.0132. The Bertz CT molecular complexity index is 1960. The van der Waals surface area contributed by atoms with Crippen LogP contribution < -0.4 is 16.4 Å². The summed E-state index contributed by atoms with van der Waals surface area (Å²) in [6.07, 6.45) is 5.19. The number of aliphatic hydroxyl groups excluding tert-OH is 2. The fourth-order valence-electron chi connectivity index (χ4n) is 5.24. The van der Waals surface area contributed by atoms with E-state index in [1.165, 1.54) is 13.8 Å². The van der Waals surface area contributed by atoms with Crippen molar-refractivity contribution in [3.05, 3.63) is 37.0 Å². The normalized spacial score (nSPS) is 21.3. The molecule has 2 aromatic heterocycles. The molecule has 7 atom stereocenters. The number of carbonyl (C=O) groups excluding carboxylic acids is 3. The number of phosphoric acid groups is 3. The maximum absolute atomic E-state index is 12.7. The molecule has 10 N–H and O–H groups in total. The second-order valence-corrected chi connectivity index (χ2v) is 19.2. The van der Waals surface area contributed by atoms with Crippen molar-refractivity contribution >= 4 is 69.1 Å². The number of phosphoric ester groups is 3. The van der Waals surface area contributed by atoms with Crippen LogP contribution in [0.4, 0.5) is 5.82 Å². The number of aliphatic hydroxyl groups is 2. The second kappa shape index (κ2) is 23.5. The van der Waals surface area contributed by atoms with Crippen molar-refractivity contribution in [2.75, 3.05) is 37.8 Å². The third-order valence-electron chi connectivity index (χ3n) is 8.39. The maximum atomic E-state index is 12.7. The smallest absolute Gasteiger partial charge is 0.386 e. The number of allylic oxidation sites excluding steroid dienone is 4. The number of ether oxygens (including phenoxy) is 1. The van der Waals surface area contributed by atoms with Crippen molar-refractivity contribution in [3.63, 3.8) is 0 Å². The predicted octanol–water partition coefficient (Wildman–Crippen LogP) is 1.75. The van der Waals surface area contributed by atoms with Crippen molar-refractivity contribution in [2.24, 2.45) is 5.41 Å². The summed E-state index contributed by atoms with van der Waals surface area (Å²) in [5.74, 6) is -1.09. The van der Waals surface area contributed by atoms with Gasteiger partial charge in [-0.3, -0.25) is 32.5 Å². The molecule has 1 fully saturated rings. The molecule has 338 valence electrons. The van der Waals surface area contributed by atoms with Gasteiger partial charge in [0.15, 0.2) is 22.8 Å². The van der Waals surface area contributed by atoms with Gasteiger partial charge in [0, 0.05) is 37.1 Å². The summed E-state index contributed by atoms with van der Waals surface area (Å²) in [6.45, 7) is 2.63. The average molecular weight is 932 g/mol. The average Bonchev–Trinajstić information content (AvgIpc) is 3.72. The monoisotopic (exact) mass is 931 g/mol. The first kappa shape index (κ1) is 51.4. The summed E-state index contributed by atoms with van der Waals surface area (Å²) in [6, 6.07) is 0. The van der Waals surface area contributed by atoms with Crippen LogP contribution in [0.1, 0.15) is 65.5 Å². The van der Waals surface area contributed by atoms with Gasteiger partial charge < -0.3 is 50.9 Å². The highest BCUT2D eigenvalue weighted by Crippen LogP contribution is 2.61. The number of nitrogens with two attached hydrogens (primary N) is 1. The molecule has 3 rings (SSSR count). The number of aromatic nitrogens is 4. The number of carbonyl (C=O) groups is 3. The van der Waals surface area contributed by atoms with Gasteiger partial charge in [0.1, 0.15) is 36.3 Å². The van der Waals surface area contributed by atoms with E-state index in [-0.39, 0.29) is 41.6 Å². The molecule has 2 amide bonds. The summed E-state index contributed by atoms with van der Waals surface area (Å²) >= 11 is 1.09. The first-order valence-electron chi connectivity index (χ1n) is 18.4. The molecule has 1 aliphatic rings. The number of nitrogens with zero attached hydrogens (tertiary/aromatic N) is 4. The molecular formula is C32H52N7O17P3S. The lowest BCUT2D eigenvalue weighted by Crippen LogP contribution is -2.46. The largest absolute Gasteiger partial charge is 0.481 e. The summed E-state index contributed by atoms with van der Waals surface area (Å²) in [7, 11) is -16.4. The van der Waals surface area contributed by atoms with E-state index in [0.29, 0.717) is 18.6 Å². The van der Waals surface area contributed by atoms with Gasteiger partial charge in [-0.15, -0.1) is 0 Å². The van der Waals surface area contributed by atoms with Crippen molar-refractivity contribution < 1.29 is 80.5 Å². The first-order chi connectivity index (χ1) is 28.1. The van der Waals surface area contributed by atoms with Crippen LogP contribution in [0.3, 0.4) is 0 Å². The van der Waals surface area contributed by atoms with Crippen LogP contribution in [0, 0.1) is 5.41 Å². The Labute approximate surface area is 349 Å². The van der Waals surface area contributed by atoms with E-state index < -0.39 is 84.6 Å². The van der Waals surface area contributed by atoms with E-state index in [0.717, 1.165) is 48.2 Å². The Hall–Kier alpha value is -2.96. The maximum Gasteiger partial charge on any atom is 0.481 e. The van der Waals surface area contributed by atoms with Crippen LogP contribution in [-0.4, -0.2) is 123 Å². The van der Waals surface area contributed by atoms with Crippen molar-refractivity contribution in [3.8, 4) is 0 Å².